The molecule has 0 spiro atoms. The van der Waals surface area contributed by atoms with Crippen LogP contribution in [0.1, 0.15) is 107 Å². The third-order valence-electron chi connectivity index (χ3n) is 13.8. The molecular weight excluding hydrogens is 900 g/mol. The Morgan fingerprint density at radius 2 is 1.79 bits per heavy atom. The number of imide groups is 2. The highest BCUT2D eigenvalue weighted by Crippen LogP contribution is 2.45. The van der Waals surface area contributed by atoms with Crippen molar-refractivity contribution in [1.82, 2.24) is 25.4 Å². The zero-order chi connectivity index (χ0) is 47.3. The van der Waals surface area contributed by atoms with Crippen molar-refractivity contribution in [3.8, 4) is 11.3 Å². The second-order valence-corrected chi connectivity index (χ2v) is 18.7. The Kier molecular flexibility index (Phi) is 13.2. The normalized spacial score (nSPS) is 25.0. The van der Waals surface area contributed by atoms with E-state index in [-0.39, 0.29) is 95.1 Å². The van der Waals surface area contributed by atoms with Gasteiger partial charge in [-0.1, -0.05) is 17.7 Å². The maximum Gasteiger partial charge on any atom is 0.418 e. The molecule has 4 unspecified atom stereocenters. The van der Waals surface area contributed by atoms with Gasteiger partial charge in [-0.15, -0.1) is 0 Å². The van der Waals surface area contributed by atoms with Gasteiger partial charge in [0.15, 0.2) is 6.23 Å². The van der Waals surface area contributed by atoms with Crippen molar-refractivity contribution in [1.29, 1.82) is 0 Å². The van der Waals surface area contributed by atoms with Gasteiger partial charge >= 0.3 is 6.18 Å². The van der Waals surface area contributed by atoms with E-state index < -0.39 is 70.6 Å². The lowest BCUT2D eigenvalue weighted by atomic mass is 9.81. The number of benzene rings is 2. The molecule has 3 aromatic rings. The number of likely N-dealkylation sites (tertiary alicyclic amines) is 1. The van der Waals surface area contributed by atoms with Gasteiger partial charge in [-0.05, 0) is 94.7 Å². The van der Waals surface area contributed by atoms with Gasteiger partial charge in [0.25, 0.3) is 11.8 Å². The van der Waals surface area contributed by atoms with Crippen LogP contribution >= 0.6 is 11.6 Å². The van der Waals surface area contributed by atoms with Crippen molar-refractivity contribution in [2.45, 2.75) is 114 Å². The SMILES string of the molecule is Cc1cc(N)nc(-c2c(Cl)cc3c(c2F)CC(OC[C@@H]2CCCN2CCCOCCC(=O)Nc2cccc4c2C(=O)N(C2CCC(=O)NC2=O)C4=O)N=C3C2CC3CCC(C2)N3)c1C(F)(F)F. The highest BCUT2D eigenvalue weighted by molar-refractivity contribution is 6.34. The molecule has 356 valence electrons. The number of carbonyl (C=O) groups is 5. The Hall–Kier alpha value is -5.34. The van der Waals surface area contributed by atoms with E-state index >= 15 is 4.39 Å². The number of pyridine rings is 1. The highest BCUT2D eigenvalue weighted by Gasteiger charge is 2.46. The van der Waals surface area contributed by atoms with Crippen LogP contribution in [0.25, 0.3) is 11.3 Å². The minimum Gasteiger partial charge on any atom is -0.384 e. The first-order valence-electron chi connectivity index (χ1n) is 22.8. The molecule has 5 atom stereocenters. The number of carbonyl (C=O) groups excluding carboxylic acids is 5. The first kappa shape index (κ1) is 46.8. The molecular formula is C47H51ClF4N8O7. The van der Waals surface area contributed by atoms with E-state index in [0.717, 1.165) is 56.0 Å². The van der Waals surface area contributed by atoms with Crippen molar-refractivity contribution >= 4 is 58.4 Å². The number of nitrogens with zero attached hydrogens (tertiary/aromatic N) is 4. The molecule has 9 rings (SSSR count). The Labute approximate surface area is 388 Å². The number of rotatable bonds is 14. The molecule has 15 nitrogen and oxygen atoms in total. The zero-order valence-electron chi connectivity index (χ0n) is 36.8. The molecule has 2 bridgehead atoms. The highest BCUT2D eigenvalue weighted by atomic mass is 35.5. The van der Waals surface area contributed by atoms with Crippen molar-refractivity contribution in [2.24, 2.45) is 10.9 Å². The third-order valence-corrected chi connectivity index (χ3v) is 14.1. The number of piperidine rings is 2. The molecule has 7 heterocycles. The van der Waals surface area contributed by atoms with Gasteiger partial charge in [0, 0.05) is 66.9 Å². The maximum absolute atomic E-state index is 17.0. The van der Waals surface area contributed by atoms with Gasteiger partial charge in [-0.25, -0.2) is 9.37 Å². The number of ether oxygens (including phenoxy) is 2. The van der Waals surface area contributed by atoms with E-state index in [4.69, 9.17) is 31.8 Å². The lowest BCUT2D eigenvalue weighted by molar-refractivity contribution is -0.138. The fraction of sp³-hybridized carbons (Fsp3) is 0.511. The van der Waals surface area contributed by atoms with Crippen molar-refractivity contribution < 1.29 is 51.0 Å². The van der Waals surface area contributed by atoms with Crippen molar-refractivity contribution in [3.05, 3.63) is 74.6 Å². The number of nitrogens with one attached hydrogen (secondary N) is 3. The summed E-state index contributed by atoms with van der Waals surface area (Å²) in [6.07, 6.45) is 0.384. The maximum atomic E-state index is 17.0. The largest absolute Gasteiger partial charge is 0.418 e. The van der Waals surface area contributed by atoms with Crippen LogP contribution in [0, 0.1) is 18.7 Å². The quantitative estimate of drug-likeness (QED) is 0.0844. The number of amides is 5. The number of hydrogen-bond acceptors (Lipinski definition) is 12. The number of aryl methyl sites for hydroxylation is 1. The summed E-state index contributed by atoms with van der Waals surface area (Å²) in [7, 11) is 0. The topological polar surface area (TPSA) is 198 Å². The van der Waals surface area contributed by atoms with Gasteiger partial charge in [-0.2, -0.15) is 13.2 Å². The van der Waals surface area contributed by atoms with Gasteiger partial charge in [-0.3, -0.25) is 44.1 Å². The lowest BCUT2D eigenvalue weighted by Crippen LogP contribution is -2.54. The fourth-order valence-electron chi connectivity index (χ4n) is 10.8. The van der Waals surface area contributed by atoms with Gasteiger partial charge in [0.2, 0.25) is 17.7 Å². The number of aliphatic imine (C=N–C) groups is 1. The second kappa shape index (κ2) is 19.0. The minimum absolute atomic E-state index is 0.00850. The second-order valence-electron chi connectivity index (χ2n) is 18.2. The number of alkyl halides is 3. The van der Waals surface area contributed by atoms with Crippen LogP contribution in [-0.2, 0) is 36.5 Å². The summed E-state index contributed by atoms with van der Waals surface area (Å²) in [6, 6.07) is 6.60. The van der Waals surface area contributed by atoms with E-state index in [1.54, 1.807) is 0 Å². The average molecular weight is 951 g/mol. The summed E-state index contributed by atoms with van der Waals surface area (Å²) in [5.74, 6) is -4.13. The minimum atomic E-state index is -4.85. The predicted molar refractivity (Wildman–Crippen MR) is 238 cm³/mol. The number of halogens is 5. The zero-order valence-corrected chi connectivity index (χ0v) is 37.5. The molecule has 6 aliphatic rings. The number of aromatic nitrogens is 1. The van der Waals surface area contributed by atoms with Crippen LogP contribution in [0.5, 0.6) is 0 Å². The molecule has 0 saturated carbocycles. The smallest absolute Gasteiger partial charge is 0.384 e. The molecule has 0 aliphatic carbocycles. The standard InChI is InChI=1S/C47H51ClF4N8O7/c1-23-17-34(53)56-43(40(23)47(50,51)52)39-31(48)20-30-29(41(39)49)21-37(58-42(30)24-18-25-8-9-26(19-24)54-25)67-22-27-5-3-13-59(27)14-4-15-66-16-12-36(62)55-32-7-2-6-28-38(32)46(65)60(45(28)64)33-10-11-35(61)57-44(33)63/h2,6-7,17,20,24-27,33,37,54H,3-5,8-16,18-19,21-22H2,1H3,(H2,53,56)(H,55,62)(H,57,61,63)/t24?,25?,26?,27-,33?,37?/m0/s1. The Morgan fingerprint density at radius 1 is 1.01 bits per heavy atom. The van der Waals surface area contributed by atoms with E-state index in [1.165, 1.54) is 31.2 Å². The van der Waals surface area contributed by atoms with Crippen LogP contribution in [0.2, 0.25) is 5.02 Å². The van der Waals surface area contributed by atoms with Crippen molar-refractivity contribution in [3.63, 3.8) is 0 Å². The van der Waals surface area contributed by atoms with Crippen LogP contribution in [-0.4, -0.2) is 113 Å². The van der Waals surface area contributed by atoms with E-state index in [0.29, 0.717) is 37.5 Å². The number of hydrogen-bond donors (Lipinski definition) is 4. The molecule has 4 saturated heterocycles. The summed E-state index contributed by atoms with van der Waals surface area (Å²) < 4.78 is 72.7. The number of nitrogens with two attached hydrogens (primary N) is 1. The van der Waals surface area contributed by atoms with Gasteiger partial charge < -0.3 is 25.8 Å². The van der Waals surface area contributed by atoms with Crippen LogP contribution < -0.4 is 21.7 Å². The van der Waals surface area contributed by atoms with Crippen LogP contribution in [0.3, 0.4) is 0 Å². The molecule has 5 amide bonds. The van der Waals surface area contributed by atoms with E-state index in [2.05, 4.69) is 25.8 Å². The summed E-state index contributed by atoms with van der Waals surface area (Å²) in [5.41, 5.74) is 5.04. The monoisotopic (exact) mass is 950 g/mol. The predicted octanol–water partition coefficient (Wildman–Crippen LogP) is 5.97. The van der Waals surface area contributed by atoms with E-state index in [1.807, 2.05) is 0 Å². The Bertz CT molecular complexity index is 2550. The molecule has 20 heteroatoms. The Balaban J connectivity index is 0.805. The van der Waals surface area contributed by atoms with Gasteiger partial charge in [0.05, 0.1) is 58.3 Å². The van der Waals surface area contributed by atoms with Gasteiger partial charge in [0.1, 0.15) is 17.7 Å². The van der Waals surface area contributed by atoms with E-state index in [9.17, 15) is 37.1 Å². The molecule has 1 aromatic heterocycles. The summed E-state index contributed by atoms with van der Waals surface area (Å²) in [4.78, 5) is 75.8. The molecule has 4 fully saturated rings. The molecule has 2 aromatic carbocycles. The Morgan fingerprint density at radius 3 is 2.54 bits per heavy atom. The number of fused-ring (bicyclic) bond motifs is 4. The van der Waals surface area contributed by atoms with Crippen LogP contribution in [0.4, 0.5) is 29.1 Å². The first-order chi connectivity index (χ1) is 32.0. The average Bonchev–Trinajstić information content (AvgIpc) is 3.94. The molecule has 0 radical (unpaired) electrons. The summed E-state index contributed by atoms with van der Waals surface area (Å²) in [6.45, 7) is 3.52. The number of anilines is 2. The summed E-state index contributed by atoms with van der Waals surface area (Å²) >= 11 is 6.71. The van der Waals surface area contributed by atoms with Crippen LogP contribution in [0.15, 0.2) is 35.3 Å². The first-order valence-corrected chi connectivity index (χ1v) is 23.2. The number of nitrogen functional groups attached to an aromatic ring is 1. The molecule has 67 heavy (non-hydrogen) atoms. The fourth-order valence-corrected chi connectivity index (χ4v) is 11.0. The molecule has 5 N–H and O–H groups in total. The third kappa shape index (κ3) is 9.44. The van der Waals surface area contributed by atoms with Crippen molar-refractivity contribution in [2.75, 3.05) is 44.0 Å². The molecule has 6 aliphatic heterocycles. The summed E-state index contributed by atoms with van der Waals surface area (Å²) in [5, 5.41) is 8.28. The lowest BCUT2D eigenvalue weighted by Gasteiger charge is -2.35.